The van der Waals surface area contributed by atoms with Gasteiger partial charge in [-0.05, 0) is 38.1 Å². The van der Waals surface area contributed by atoms with Crippen molar-refractivity contribution in [1.82, 2.24) is 5.32 Å². The number of benzene rings is 2. The number of nitrogens with zero attached hydrogens (tertiary/aromatic N) is 2. The standard InChI is InChI=1S/C22H21Cl2N3O3/c1-13(2)27-18-8-7-14(23)11-16(18)21(15-5-3-4-6-17(15)24)30-19(22(27)29)12-20(28)26-10-9-25/h3-8,11,13,19,21H,10,12H2,1-2H3,(H,26,28)/t19-,21-/m0/s1. The fraction of sp³-hybridized carbons (Fsp3) is 0.318. The maximum atomic E-state index is 13.4. The highest BCUT2D eigenvalue weighted by Crippen LogP contribution is 2.42. The minimum absolute atomic E-state index is 0.141. The van der Waals surface area contributed by atoms with Crippen molar-refractivity contribution < 1.29 is 14.3 Å². The van der Waals surface area contributed by atoms with Crippen LogP contribution < -0.4 is 10.2 Å². The van der Waals surface area contributed by atoms with Crippen LogP contribution in [0.2, 0.25) is 10.0 Å². The van der Waals surface area contributed by atoms with Gasteiger partial charge < -0.3 is 15.0 Å². The molecule has 1 N–H and O–H groups in total. The highest BCUT2D eigenvalue weighted by Gasteiger charge is 2.39. The number of hydrogen-bond acceptors (Lipinski definition) is 4. The van der Waals surface area contributed by atoms with E-state index in [2.05, 4.69) is 5.32 Å². The second-order valence-electron chi connectivity index (χ2n) is 7.17. The third-order valence-corrected chi connectivity index (χ3v) is 5.36. The lowest BCUT2D eigenvalue weighted by Gasteiger charge is -2.28. The number of nitrogens with one attached hydrogen (secondary N) is 1. The van der Waals surface area contributed by atoms with E-state index in [1.165, 1.54) is 0 Å². The van der Waals surface area contributed by atoms with Gasteiger partial charge >= 0.3 is 0 Å². The molecule has 1 aliphatic heterocycles. The summed E-state index contributed by atoms with van der Waals surface area (Å²) in [6, 6.07) is 14.1. The van der Waals surface area contributed by atoms with E-state index in [0.29, 0.717) is 26.9 Å². The summed E-state index contributed by atoms with van der Waals surface area (Å²) in [6.45, 7) is 3.63. The maximum absolute atomic E-state index is 13.4. The zero-order valence-electron chi connectivity index (χ0n) is 16.6. The van der Waals surface area contributed by atoms with Crippen molar-refractivity contribution in [1.29, 1.82) is 5.26 Å². The average Bonchev–Trinajstić information content (AvgIpc) is 2.81. The quantitative estimate of drug-likeness (QED) is 0.697. The van der Waals surface area contributed by atoms with Gasteiger partial charge in [0.15, 0.2) is 0 Å². The first-order valence-corrected chi connectivity index (χ1v) is 10.2. The Morgan fingerprint density at radius 2 is 1.97 bits per heavy atom. The van der Waals surface area contributed by atoms with Crippen LogP contribution in [-0.2, 0) is 14.3 Å². The summed E-state index contributed by atoms with van der Waals surface area (Å²) in [6.07, 6.45) is -1.97. The van der Waals surface area contributed by atoms with Crippen LogP contribution in [0.5, 0.6) is 0 Å². The van der Waals surface area contributed by atoms with Crippen LogP contribution in [-0.4, -0.2) is 30.5 Å². The Labute approximate surface area is 185 Å². The van der Waals surface area contributed by atoms with Gasteiger partial charge in [0.1, 0.15) is 18.8 Å². The summed E-state index contributed by atoms with van der Waals surface area (Å²) >= 11 is 12.7. The van der Waals surface area contributed by atoms with Gasteiger partial charge in [-0.25, -0.2) is 0 Å². The number of nitriles is 1. The van der Waals surface area contributed by atoms with E-state index in [4.69, 9.17) is 33.2 Å². The molecule has 0 fully saturated rings. The fourth-order valence-corrected chi connectivity index (χ4v) is 3.92. The van der Waals surface area contributed by atoms with Crippen LogP contribution in [0.4, 0.5) is 5.69 Å². The van der Waals surface area contributed by atoms with Crippen molar-refractivity contribution >= 4 is 40.7 Å². The van der Waals surface area contributed by atoms with Gasteiger partial charge in [-0.15, -0.1) is 0 Å². The summed E-state index contributed by atoms with van der Waals surface area (Å²) < 4.78 is 6.23. The van der Waals surface area contributed by atoms with Gasteiger partial charge in [-0.1, -0.05) is 41.4 Å². The third-order valence-electron chi connectivity index (χ3n) is 4.78. The van der Waals surface area contributed by atoms with Crippen LogP contribution in [0.3, 0.4) is 0 Å². The molecule has 0 aromatic heterocycles. The number of amides is 2. The number of rotatable bonds is 5. The molecule has 1 heterocycles. The van der Waals surface area contributed by atoms with Gasteiger partial charge in [-0.3, -0.25) is 9.59 Å². The molecule has 2 amide bonds. The molecule has 8 heteroatoms. The van der Waals surface area contributed by atoms with E-state index in [0.717, 1.165) is 0 Å². The first-order valence-electron chi connectivity index (χ1n) is 9.49. The number of ether oxygens (including phenoxy) is 1. The average molecular weight is 446 g/mol. The molecule has 0 bridgehead atoms. The molecule has 3 rings (SSSR count). The van der Waals surface area contributed by atoms with E-state index in [-0.39, 0.29) is 24.9 Å². The number of halogens is 2. The van der Waals surface area contributed by atoms with Crippen LogP contribution in [0.15, 0.2) is 42.5 Å². The molecular formula is C22H21Cl2N3O3. The van der Waals surface area contributed by atoms with Crippen molar-refractivity contribution in [2.45, 2.75) is 38.5 Å². The second-order valence-corrected chi connectivity index (χ2v) is 8.01. The minimum Gasteiger partial charge on any atom is -0.355 e. The molecule has 2 aromatic carbocycles. The Balaban J connectivity index is 2.13. The molecule has 30 heavy (non-hydrogen) atoms. The van der Waals surface area contributed by atoms with Crippen molar-refractivity contribution in [3.05, 3.63) is 63.6 Å². The monoisotopic (exact) mass is 445 g/mol. The predicted molar refractivity (Wildman–Crippen MR) is 115 cm³/mol. The normalized spacial score (nSPS) is 18.5. The molecule has 156 valence electrons. The van der Waals surface area contributed by atoms with Crippen molar-refractivity contribution in [3.63, 3.8) is 0 Å². The topological polar surface area (TPSA) is 82.4 Å². The highest BCUT2D eigenvalue weighted by molar-refractivity contribution is 6.31. The first-order chi connectivity index (χ1) is 14.3. The van der Waals surface area contributed by atoms with Crippen LogP contribution in [0.25, 0.3) is 0 Å². The Hall–Kier alpha value is -2.59. The van der Waals surface area contributed by atoms with Gasteiger partial charge in [0, 0.05) is 27.2 Å². The Morgan fingerprint density at radius 1 is 1.23 bits per heavy atom. The van der Waals surface area contributed by atoms with Gasteiger partial charge in [0.2, 0.25) is 5.91 Å². The summed E-state index contributed by atoms with van der Waals surface area (Å²) in [5, 5.41) is 12.1. The molecule has 0 saturated heterocycles. The second kappa shape index (κ2) is 9.48. The molecule has 2 aromatic rings. The zero-order valence-corrected chi connectivity index (χ0v) is 18.1. The molecule has 0 spiro atoms. The molecule has 0 radical (unpaired) electrons. The molecule has 0 saturated carbocycles. The van der Waals surface area contributed by atoms with Gasteiger partial charge in [0.25, 0.3) is 5.91 Å². The predicted octanol–water partition coefficient (Wildman–Crippen LogP) is 4.25. The lowest BCUT2D eigenvalue weighted by molar-refractivity contribution is -0.138. The lowest BCUT2D eigenvalue weighted by Crippen LogP contribution is -2.45. The molecule has 6 nitrogen and oxygen atoms in total. The van der Waals surface area contributed by atoms with E-state index in [1.807, 2.05) is 32.0 Å². The fourth-order valence-electron chi connectivity index (χ4n) is 3.50. The Morgan fingerprint density at radius 3 is 2.63 bits per heavy atom. The van der Waals surface area contributed by atoms with Crippen LogP contribution in [0.1, 0.15) is 37.5 Å². The Bertz CT molecular complexity index is 1000. The van der Waals surface area contributed by atoms with Gasteiger partial charge in [0.05, 0.1) is 18.2 Å². The Kier molecular flexibility index (Phi) is 6.99. The maximum Gasteiger partial charge on any atom is 0.256 e. The summed E-state index contributed by atoms with van der Waals surface area (Å²) in [4.78, 5) is 27.3. The van der Waals surface area contributed by atoms with E-state index >= 15 is 0 Å². The molecular weight excluding hydrogens is 425 g/mol. The van der Waals surface area contributed by atoms with Crippen LogP contribution in [0, 0.1) is 11.3 Å². The molecule has 0 aliphatic carbocycles. The molecule has 0 unspecified atom stereocenters. The van der Waals surface area contributed by atoms with E-state index < -0.39 is 18.1 Å². The van der Waals surface area contributed by atoms with Crippen LogP contribution >= 0.6 is 23.2 Å². The SMILES string of the molecule is CC(C)N1C(=O)[C@H](CC(=O)NCC#N)O[C@@H](c2ccccc2Cl)c2cc(Cl)ccc21. The summed E-state index contributed by atoms with van der Waals surface area (Å²) in [7, 11) is 0. The molecule has 2 atom stereocenters. The largest absolute Gasteiger partial charge is 0.355 e. The molecule has 1 aliphatic rings. The number of anilines is 1. The summed E-state index contributed by atoms with van der Waals surface area (Å²) in [5.41, 5.74) is 2.02. The van der Waals surface area contributed by atoms with Crippen molar-refractivity contribution in [3.8, 4) is 6.07 Å². The van der Waals surface area contributed by atoms with Crippen molar-refractivity contribution in [2.24, 2.45) is 0 Å². The van der Waals surface area contributed by atoms with E-state index in [9.17, 15) is 9.59 Å². The van der Waals surface area contributed by atoms with Gasteiger partial charge in [-0.2, -0.15) is 5.26 Å². The number of carbonyl (C=O) groups excluding carboxylic acids is 2. The number of fused-ring (bicyclic) bond motifs is 1. The highest BCUT2D eigenvalue weighted by atomic mass is 35.5. The number of hydrogen-bond donors (Lipinski definition) is 1. The van der Waals surface area contributed by atoms with Crippen molar-refractivity contribution in [2.75, 3.05) is 11.4 Å². The smallest absolute Gasteiger partial charge is 0.256 e. The lowest BCUT2D eigenvalue weighted by atomic mass is 9.99. The third kappa shape index (κ3) is 4.59. The van der Waals surface area contributed by atoms with E-state index in [1.54, 1.807) is 35.2 Å². The zero-order chi connectivity index (χ0) is 21.8. The summed E-state index contributed by atoms with van der Waals surface area (Å²) in [5.74, 6) is -0.782. The first kappa shape index (κ1) is 22.1. The number of carbonyl (C=O) groups is 2. The minimum atomic E-state index is -1.06.